The Morgan fingerprint density at radius 1 is 1.28 bits per heavy atom. The van der Waals surface area contributed by atoms with Crippen LogP contribution >= 0.6 is 0 Å². The molecule has 0 aliphatic heterocycles. The van der Waals surface area contributed by atoms with Crippen molar-refractivity contribution in [1.29, 1.82) is 0 Å². The van der Waals surface area contributed by atoms with Gasteiger partial charge in [0.05, 0.1) is 11.8 Å². The van der Waals surface area contributed by atoms with Gasteiger partial charge in [-0.2, -0.15) is 0 Å². The van der Waals surface area contributed by atoms with Gasteiger partial charge in [0.2, 0.25) is 0 Å². The van der Waals surface area contributed by atoms with E-state index in [1.54, 1.807) is 6.92 Å². The lowest BCUT2D eigenvalue weighted by Gasteiger charge is -2.08. The van der Waals surface area contributed by atoms with Crippen LogP contribution in [0.15, 0.2) is 36.7 Å². The maximum atomic E-state index is 13.3. The summed E-state index contributed by atoms with van der Waals surface area (Å²) in [6.45, 7) is 1.65. The second-order valence-electron chi connectivity index (χ2n) is 3.77. The van der Waals surface area contributed by atoms with Crippen LogP contribution in [0.25, 0.3) is 0 Å². The van der Waals surface area contributed by atoms with Crippen molar-refractivity contribution in [2.45, 2.75) is 6.92 Å². The van der Waals surface area contributed by atoms with Crippen molar-refractivity contribution in [3.05, 3.63) is 59.4 Å². The Morgan fingerprint density at radius 2 is 2.06 bits per heavy atom. The molecule has 0 unspecified atom stereocenters. The molecule has 3 nitrogen and oxygen atoms in total. The highest BCUT2D eigenvalue weighted by Gasteiger charge is 2.12. The third-order valence-electron chi connectivity index (χ3n) is 2.45. The second-order valence-corrected chi connectivity index (χ2v) is 3.77. The first-order valence-electron chi connectivity index (χ1n) is 5.25. The van der Waals surface area contributed by atoms with Crippen LogP contribution in [0, 0.1) is 18.6 Å². The van der Waals surface area contributed by atoms with Crippen LogP contribution in [-0.2, 0) is 0 Å². The summed E-state index contributed by atoms with van der Waals surface area (Å²) >= 11 is 0. The molecule has 0 radical (unpaired) electrons. The number of amides is 1. The van der Waals surface area contributed by atoms with E-state index in [0.717, 1.165) is 6.20 Å². The van der Waals surface area contributed by atoms with Crippen LogP contribution in [0.1, 0.15) is 15.9 Å². The number of aryl methyl sites for hydroxylation is 1. The molecule has 1 N–H and O–H groups in total. The molecule has 18 heavy (non-hydrogen) atoms. The minimum atomic E-state index is -0.699. The average molecular weight is 248 g/mol. The summed E-state index contributed by atoms with van der Waals surface area (Å²) in [7, 11) is 0. The van der Waals surface area contributed by atoms with E-state index in [1.807, 2.05) is 0 Å². The Morgan fingerprint density at radius 3 is 2.72 bits per heavy atom. The Kier molecular flexibility index (Phi) is 3.32. The van der Waals surface area contributed by atoms with E-state index in [0.29, 0.717) is 11.3 Å². The molecule has 0 saturated heterocycles. The number of benzene rings is 1. The fourth-order valence-electron chi connectivity index (χ4n) is 1.52. The number of rotatable bonds is 2. The Bertz CT molecular complexity index is 599. The molecular weight excluding hydrogens is 238 g/mol. The summed E-state index contributed by atoms with van der Waals surface area (Å²) in [6.07, 6.45) is 2.29. The average Bonchev–Trinajstić information content (AvgIpc) is 2.33. The fourth-order valence-corrected chi connectivity index (χ4v) is 1.52. The number of nitrogens with one attached hydrogen (secondary N) is 1. The summed E-state index contributed by atoms with van der Waals surface area (Å²) in [5.74, 6) is -1.68. The first-order valence-corrected chi connectivity index (χ1v) is 5.25. The van der Waals surface area contributed by atoms with E-state index in [-0.39, 0.29) is 11.4 Å². The lowest BCUT2D eigenvalue weighted by Crippen LogP contribution is -2.14. The molecule has 2 rings (SSSR count). The molecule has 1 aromatic heterocycles. The van der Waals surface area contributed by atoms with Crippen molar-refractivity contribution in [3.63, 3.8) is 0 Å². The van der Waals surface area contributed by atoms with E-state index >= 15 is 0 Å². The second kappa shape index (κ2) is 4.91. The van der Waals surface area contributed by atoms with Gasteiger partial charge in [0, 0.05) is 11.9 Å². The Hall–Kier alpha value is -2.30. The zero-order valence-corrected chi connectivity index (χ0v) is 9.58. The molecule has 1 heterocycles. The van der Waals surface area contributed by atoms with Gasteiger partial charge in [-0.15, -0.1) is 0 Å². The molecule has 0 aliphatic rings. The van der Waals surface area contributed by atoms with Crippen molar-refractivity contribution in [2.75, 3.05) is 5.32 Å². The number of nitrogens with zero attached hydrogens (tertiary/aromatic N) is 1. The molecule has 92 valence electrons. The molecule has 0 spiro atoms. The quantitative estimate of drug-likeness (QED) is 0.887. The lowest BCUT2D eigenvalue weighted by molar-refractivity contribution is 0.102. The molecule has 0 saturated carbocycles. The van der Waals surface area contributed by atoms with Gasteiger partial charge in [-0.25, -0.2) is 8.78 Å². The van der Waals surface area contributed by atoms with E-state index in [9.17, 15) is 13.6 Å². The summed E-state index contributed by atoms with van der Waals surface area (Å²) in [5.41, 5.74) is 0.907. The lowest BCUT2D eigenvalue weighted by atomic mass is 10.1. The van der Waals surface area contributed by atoms with Crippen molar-refractivity contribution in [2.24, 2.45) is 0 Å². The smallest absolute Gasteiger partial charge is 0.258 e. The van der Waals surface area contributed by atoms with Gasteiger partial charge in [0.1, 0.15) is 5.82 Å². The SMILES string of the molecule is Cc1cc(F)ccc1NC(=O)c1ccncc1F. The molecule has 0 aliphatic carbocycles. The van der Waals surface area contributed by atoms with Gasteiger partial charge < -0.3 is 5.32 Å². The summed E-state index contributed by atoms with van der Waals surface area (Å²) in [6, 6.07) is 5.23. The number of carbonyl (C=O) groups excluding carboxylic acids is 1. The van der Waals surface area contributed by atoms with E-state index < -0.39 is 11.7 Å². The highest BCUT2D eigenvalue weighted by atomic mass is 19.1. The van der Waals surface area contributed by atoms with Gasteiger partial charge in [-0.05, 0) is 36.8 Å². The zero-order valence-electron chi connectivity index (χ0n) is 9.58. The van der Waals surface area contributed by atoms with Gasteiger partial charge in [-0.1, -0.05) is 0 Å². The van der Waals surface area contributed by atoms with Gasteiger partial charge >= 0.3 is 0 Å². The molecule has 1 aromatic carbocycles. The van der Waals surface area contributed by atoms with Crippen LogP contribution in [0.5, 0.6) is 0 Å². The Labute approximate surface area is 102 Å². The molecule has 0 fully saturated rings. The normalized spacial score (nSPS) is 10.2. The maximum Gasteiger partial charge on any atom is 0.258 e. The highest BCUT2D eigenvalue weighted by molar-refractivity contribution is 6.04. The van der Waals surface area contributed by atoms with Crippen LogP contribution in [0.3, 0.4) is 0 Å². The molecular formula is C13H10F2N2O. The van der Waals surface area contributed by atoms with Crippen molar-refractivity contribution >= 4 is 11.6 Å². The fraction of sp³-hybridized carbons (Fsp3) is 0.0769. The minimum Gasteiger partial charge on any atom is -0.322 e. The molecule has 5 heteroatoms. The monoisotopic (exact) mass is 248 g/mol. The first-order chi connectivity index (χ1) is 8.58. The molecule has 1 amide bonds. The van der Waals surface area contributed by atoms with Crippen LogP contribution in [0.2, 0.25) is 0 Å². The summed E-state index contributed by atoms with van der Waals surface area (Å²) < 4.78 is 26.2. The predicted octanol–water partition coefficient (Wildman–Crippen LogP) is 2.92. The van der Waals surface area contributed by atoms with Crippen molar-refractivity contribution in [1.82, 2.24) is 4.98 Å². The Balaban J connectivity index is 2.24. The topological polar surface area (TPSA) is 42.0 Å². The first kappa shape index (κ1) is 12.2. The number of pyridine rings is 1. The van der Waals surface area contributed by atoms with Gasteiger partial charge in [-0.3, -0.25) is 9.78 Å². The minimum absolute atomic E-state index is 0.103. The van der Waals surface area contributed by atoms with Crippen LogP contribution in [-0.4, -0.2) is 10.9 Å². The zero-order chi connectivity index (χ0) is 13.1. The van der Waals surface area contributed by atoms with Crippen LogP contribution in [0.4, 0.5) is 14.5 Å². The van der Waals surface area contributed by atoms with E-state index in [4.69, 9.17) is 0 Å². The standard InChI is InChI=1S/C13H10F2N2O/c1-8-6-9(14)2-3-12(8)17-13(18)10-4-5-16-7-11(10)15/h2-7H,1H3,(H,17,18). The van der Waals surface area contributed by atoms with E-state index in [2.05, 4.69) is 10.3 Å². The molecule has 0 bridgehead atoms. The number of hydrogen-bond acceptors (Lipinski definition) is 2. The van der Waals surface area contributed by atoms with Crippen molar-refractivity contribution in [3.8, 4) is 0 Å². The third-order valence-corrected chi connectivity index (χ3v) is 2.45. The summed E-state index contributed by atoms with van der Waals surface area (Å²) in [5, 5.41) is 2.52. The number of halogens is 2. The third kappa shape index (κ3) is 2.51. The van der Waals surface area contributed by atoms with Gasteiger partial charge in [0.25, 0.3) is 5.91 Å². The number of hydrogen-bond donors (Lipinski definition) is 1. The number of aromatic nitrogens is 1. The van der Waals surface area contributed by atoms with Gasteiger partial charge in [0.15, 0.2) is 5.82 Å². The molecule has 0 atom stereocenters. The molecule has 2 aromatic rings. The maximum absolute atomic E-state index is 13.3. The number of carbonyl (C=O) groups is 1. The van der Waals surface area contributed by atoms with Crippen molar-refractivity contribution < 1.29 is 13.6 Å². The van der Waals surface area contributed by atoms with Crippen LogP contribution < -0.4 is 5.32 Å². The number of anilines is 1. The van der Waals surface area contributed by atoms with E-state index in [1.165, 1.54) is 30.5 Å². The highest BCUT2D eigenvalue weighted by Crippen LogP contribution is 2.17. The predicted molar refractivity (Wildman–Crippen MR) is 63.3 cm³/mol. The largest absolute Gasteiger partial charge is 0.322 e. The summed E-state index contributed by atoms with van der Waals surface area (Å²) in [4.78, 5) is 15.4.